The molecule has 292 valence electrons. The Balaban J connectivity index is 0.852. The predicted molar refractivity (Wildman–Crippen MR) is 217 cm³/mol. The highest BCUT2D eigenvalue weighted by atomic mass is 19.1. The van der Waals surface area contributed by atoms with Crippen molar-refractivity contribution in [2.75, 3.05) is 55.6 Å². The van der Waals surface area contributed by atoms with Crippen LogP contribution in [0.1, 0.15) is 77.6 Å². The summed E-state index contributed by atoms with van der Waals surface area (Å²) >= 11 is 0. The van der Waals surface area contributed by atoms with Crippen molar-refractivity contribution in [1.82, 2.24) is 15.1 Å². The van der Waals surface area contributed by atoms with Crippen molar-refractivity contribution >= 4 is 29.1 Å². The number of fused-ring (bicyclic) bond motifs is 2. The Bertz CT molecular complexity index is 2080. The zero-order valence-corrected chi connectivity index (χ0v) is 32.3. The Morgan fingerprint density at radius 2 is 1.57 bits per heavy atom. The van der Waals surface area contributed by atoms with Crippen LogP contribution in [0.4, 0.5) is 15.8 Å². The van der Waals surface area contributed by atoms with Crippen LogP contribution < -0.4 is 15.1 Å². The molecule has 0 radical (unpaired) electrons. The van der Waals surface area contributed by atoms with Crippen LogP contribution in [0.3, 0.4) is 0 Å². The van der Waals surface area contributed by atoms with Crippen molar-refractivity contribution < 1.29 is 23.9 Å². The van der Waals surface area contributed by atoms with E-state index in [4.69, 9.17) is 0 Å². The van der Waals surface area contributed by atoms with Crippen LogP contribution in [0.25, 0.3) is 0 Å². The van der Waals surface area contributed by atoms with Crippen molar-refractivity contribution in [1.29, 1.82) is 0 Å². The average molecular weight is 758 g/mol. The highest BCUT2D eigenvalue weighted by Crippen LogP contribution is 2.46. The molecule has 4 aliphatic heterocycles. The van der Waals surface area contributed by atoms with Crippen molar-refractivity contribution in [2.24, 2.45) is 11.8 Å². The number of amides is 3. The van der Waals surface area contributed by atoms with Gasteiger partial charge in [-0.1, -0.05) is 48.6 Å². The van der Waals surface area contributed by atoms with Crippen molar-refractivity contribution in [3.63, 3.8) is 0 Å². The second-order valence-electron chi connectivity index (χ2n) is 16.1. The van der Waals surface area contributed by atoms with Gasteiger partial charge in [0, 0.05) is 81.6 Å². The molecular formula is C46H52FN5O4. The zero-order chi connectivity index (χ0) is 38.9. The van der Waals surface area contributed by atoms with Crippen molar-refractivity contribution in [3.8, 4) is 5.75 Å². The standard InChI is InChI=1S/C46H52FN5O4/c1-3-4-5-6-30(2)37-11-7-32-26-36(53)10-14-38(32)44(37)40-13-9-35(27-41(40)47)50-19-17-31(18-20-50)28-49-21-23-51(24-22-49)34-8-12-39-33(25-34)29-52(46(39)56)42-15-16-43(54)48-45(42)55/h3-6,8-10,12-14,25-27,31,37,42,44,53H,2,7,11,15-24,28-29H2,1H3,(H,48,54,55)/b4-3-,6-5-/t37-,42?,44+/m1/s1. The van der Waals surface area contributed by atoms with Crippen LogP contribution in [0, 0.1) is 17.7 Å². The summed E-state index contributed by atoms with van der Waals surface area (Å²) in [5.41, 5.74) is 7.41. The van der Waals surface area contributed by atoms with E-state index in [0.717, 1.165) is 105 Å². The number of hydrogen-bond donors (Lipinski definition) is 2. The number of piperazine rings is 1. The number of nitrogens with one attached hydrogen (secondary N) is 1. The first-order chi connectivity index (χ1) is 27.2. The number of anilines is 2. The molecule has 5 aliphatic rings. The molecular weight excluding hydrogens is 706 g/mol. The highest BCUT2D eigenvalue weighted by molar-refractivity contribution is 6.05. The summed E-state index contributed by atoms with van der Waals surface area (Å²) in [7, 11) is 0. The molecule has 4 heterocycles. The smallest absolute Gasteiger partial charge is 0.255 e. The van der Waals surface area contributed by atoms with Crippen LogP contribution >= 0.6 is 0 Å². The number of halogens is 1. The number of hydrogen-bond acceptors (Lipinski definition) is 7. The first-order valence-corrected chi connectivity index (χ1v) is 20.3. The number of benzene rings is 3. The number of phenolic OH excluding ortho intramolecular Hbond substituents is 1. The molecule has 56 heavy (non-hydrogen) atoms. The van der Waals surface area contributed by atoms with Gasteiger partial charge in [-0.2, -0.15) is 0 Å². The number of imide groups is 1. The molecule has 3 saturated heterocycles. The number of aryl methyl sites for hydroxylation is 1. The molecule has 9 nitrogen and oxygen atoms in total. The lowest BCUT2D eigenvalue weighted by molar-refractivity contribution is -0.136. The maximum Gasteiger partial charge on any atom is 0.255 e. The molecule has 0 aromatic heterocycles. The Kier molecular flexibility index (Phi) is 10.8. The molecule has 3 aromatic rings. The largest absolute Gasteiger partial charge is 0.508 e. The van der Waals surface area contributed by atoms with Gasteiger partial charge in [-0.15, -0.1) is 0 Å². The van der Waals surface area contributed by atoms with Gasteiger partial charge in [0.25, 0.3) is 5.91 Å². The highest BCUT2D eigenvalue weighted by Gasteiger charge is 2.39. The summed E-state index contributed by atoms with van der Waals surface area (Å²) in [6.07, 6.45) is 12.4. The number of phenols is 1. The maximum atomic E-state index is 16.3. The van der Waals surface area contributed by atoms with Crippen molar-refractivity contribution in [3.05, 3.63) is 125 Å². The third kappa shape index (κ3) is 7.63. The minimum absolute atomic E-state index is 0.0587. The molecule has 3 amide bonds. The first kappa shape index (κ1) is 37.7. The number of aromatic hydroxyl groups is 1. The SMILES string of the molecule is C=C(/C=C\C=C/C)[C@H]1CCc2cc(O)ccc2[C@H]1c1ccc(N2CCC(CN3CCN(c4ccc5c(c4)CN(C4CCC(=O)NC4=O)C5=O)CC3)CC2)cc1F. The minimum Gasteiger partial charge on any atom is -0.508 e. The van der Waals surface area contributed by atoms with E-state index in [1.54, 1.807) is 17.0 Å². The molecule has 0 saturated carbocycles. The molecule has 1 aliphatic carbocycles. The summed E-state index contributed by atoms with van der Waals surface area (Å²) in [4.78, 5) is 46.1. The number of nitrogens with zero attached hydrogens (tertiary/aromatic N) is 4. The van der Waals surface area contributed by atoms with Crippen LogP contribution in [-0.2, 0) is 22.6 Å². The molecule has 0 bridgehead atoms. The van der Waals surface area contributed by atoms with Gasteiger partial charge in [-0.3, -0.25) is 24.6 Å². The average Bonchev–Trinajstić information content (AvgIpc) is 3.52. The summed E-state index contributed by atoms with van der Waals surface area (Å²) in [6.45, 7) is 13.4. The second kappa shape index (κ2) is 16.1. The number of rotatable bonds is 9. The lowest BCUT2D eigenvalue weighted by Gasteiger charge is -2.40. The molecule has 1 unspecified atom stereocenters. The molecule has 8 rings (SSSR count). The van der Waals surface area contributed by atoms with Crippen LogP contribution in [0.5, 0.6) is 5.75 Å². The number of allylic oxidation sites excluding steroid dienone is 5. The Morgan fingerprint density at radius 3 is 2.32 bits per heavy atom. The third-order valence-corrected chi connectivity index (χ3v) is 12.7. The van der Waals surface area contributed by atoms with E-state index in [9.17, 15) is 19.5 Å². The van der Waals surface area contributed by atoms with E-state index < -0.39 is 6.04 Å². The molecule has 0 spiro atoms. The second-order valence-corrected chi connectivity index (χ2v) is 16.1. The van der Waals surface area contributed by atoms with E-state index in [2.05, 4.69) is 38.7 Å². The molecule has 3 fully saturated rings. The summed E-state index contributed by atoms with van der Waals surface area (Å²) in [5, 5.41) is 12.6. The quantitative estimate of drug-likeness (QED) is 0.185. The van der Waals surface area contributed by atoms with Gasteiger partial charge in [0.2, 0.25) is 11.8 Å². The first-order valence-electron chi connectivity index (χ1n) is 20.3. The van der Waals surface area contributed by atoms with Crippen LogP contribution in [0.2, 0.25) is 0 Å². The normalized spacial score (nSPS) is 23.6. The number of carbonyl (C=O) groups excluding carboxylic acids is 3. The fourth-order valence-corrected chi connectivity index (χ4v) is 9.65. The van der Waals surface area contributed by atoms with E-state index in [1.165, 1.54) is 0 Å². The fourth-order valence-electron chi connectivity index (χ4n) is 9.65. The van der Waals surface area contributed by atoms with Crippen LogP contribution in [-0.4, -0.2) is 84.5 Å². The summed E-state index contributed by atoms with van der Waals surface area (Å²) in [6, 6.07) is 16.7. The molecule has 2 N–H and O–H groups in total. The lowest BCUT2D eigenvalue weighted by Crippen LogP contribution is -2.52. The maximum absolute atomic E-state index is 16.3. The van der Waals surface area contributed by atoms with Gasteiger partial charge in [-0.05, 0) is 116 Å². The van der Waals surface area contributed by atoms with E-state index in [0.29, 0.717) is 30.0 Å². The van der Waals surface area contributed by atoms with Gasteiger partial charge in [0.05, 0.1) is 0 Å². The number of piperidine rings is 2. The zero-order valence-electron chi connectivity index (χ0n) is 32.3. The van der Waals surface area contributed by atoms with Crippen molar-refractivity contribution in [2.45, 2.75) is 64.0 Å². The number of carbonyl (C=O) groups is 3. The Labute approximate surface area is 329 Å². The van der Waals surface area contributed by atoms with Crippen LogP contribution in [0.15, 0.2) is 91.1 Å². The van der Waals surface area contributed by atoms with Gasteiger partial charge in [0.1, 0.15) is 17.6 Å². The third-order valence-electron chi connectivity index (χ3n) is 12.7. The summed E-state index contributed by atoms with van der Waals surface area (Å²) in [5.74, 6) is -0.288. The van der Waals surface area contributed by atoms with E-state index in [-0.39, 0.29) is 47.5 Å². The molecule has 3 atom stereocenters. The van der Waals surface area contributed by atoms with Gasteiger partial charge in [0.15, 0.2) is 0 Å². The lowest BCUT2D eigenvalue weighted by atomic mass is 9.69. The van der Waals surface area contributed by atoms with E-state index >= 15 is 4.39 Å². The van der Waals surface area contributed by atoms with Gasteiger partial charge in [-0.25, -0.2) is 4.39 Å². The molecule has 3 aromatic carbocycles. The fraction of sp³-hybridized carbons (Fsp3) is 0.413. The summed E-state index contributed by atoms with van der Waals surface area (Å²) < 4.78 is 16.3. The minimum atomic E-state index is -0.605. The molecule has 10 heteroatoms. The van der Waals surface area contributed by atoms with E-state index in [1.807, 2.05) is 61.6 Å². The topological polar surface area (TPSA) is 96.4 Å². The monoisotopic (exact) mass is 757 g/mol. The van der Waals surface area contributed by atoms with Gasteiger partial charge >= 0.3 is 0 Å². The Morgan fingerprint density at radius 1 is 0.839 bits per heavy atom. The predicted octanol–water partition coefficient (Wildman–Crippen LogP) is 6.71. The van der Waals surface area contributed by atoms with Gasteiger partial charge < -0.3 is 19.8 Å². The Hall–Kier alpha value is -5.22.